The lowest BCUT2D eigenvalue weighted by Crippen LogP contribution is -2.31. The highest BCUT2D eigenvalue weighted by molar-refractivity contribution is 5.77. The Morgan fingerprint density at radius 1 is 1.10 bits per heavy atom. The molecule has 2 heterocycles. The van der Waals surface area contributed by atoms with E-state index in [0.29, 0.717) is 17.1 Å². The number of carboxylic acids is 1. The summed E-state index contributed by atoms with van der Waals surface area (Å²) in [6.07, 6.45) is 0. The van der Waals surface area contributed by atoms with Gasteiger partial charge in [0.1, 0.15) is 11.6 Å². The van der Waals surface area contributed by atoms with E-state index in [0.717, 1.165) is 5.56 Å². The van der Waals surface area contributed by atoms with Gasteiger partial charge in [-0.3, -0.25) is 14.3 Å². The molecular weight excluding hydrogens is 388 g/mol. The van der Waals surface area contributed by atoms with Crippen LogP contribution in [-0.4, -0.2) is 36.8 Å². The van der Waals surface area contributed by atoms with E-state index in [1.807, 2.05) is 30.3 Å². The minimum atomic E-state index is -1.06. The van der Waals surface area contributed by atoms with E-state index in [1.54, 1.807) is 35.9 Å². The third kappa shape index (κ3) is 3.60. The molecule has 0 saturated carbocycles. The predicted octanol–water partition coefficient (Wildman–Crippen LogP) is 1.60. The van der Waals surface area contributed by atoms with Gasteiger partial charge in [0, 0.05) is 12.6 Å². The fraction of sp³-hybridized carbons (Fsp3) is 0.143. The average molecular weight is 406 g/mol. The van der Waals surface area contributed by atoms with Crippen LogP contribution in [0.15, 0.2) is 64.2 Å². The van der Waals surface area contributed by atoms with Crippen molar-refractivity contribution in [3.05, 3.63) is 81.0 Å². The molecule has 0 unspecified atom stereocenters. The molecule has 0 radical (unpaired) electrons. The summed E-state index contributed by atoms with van der Waals surface area (Å²) >= 11 is 0. The van der Waals surface area contributed by atoms with Crippen LogP contribution in [-0.2, 0) is 18.4 Å². The number of imidazole rings is 1. The average Bonchev–Trinajstić information content (AvgIpc) is 3.08. The van der Waals surface area contributed by atoms with Crippen LogP contribution in [0.5, 0.6) is 5.75 Å². The highest BCUT2D eigenvalue weighted by atomic mass is 16.5. The zero-order valence-electron chi connectivity index (χ0n) is 16.0. The third-order valence-corrected chi connectivity index (χ3v) is 4.67. The van der Waals surface area contributed by atoms with Gasteiger partial charge in [0.25, 0.3) is 5.56 Å². The molecule has 9 nitrogen and oxygen atoms in total. The Kier molecular flexibility index (Phi) is 4.93. The smallest absolute Gasteiger partial charge is 0.341 e. The standard InChI is InChI=1S/C21H18N4O5/c1-24-17-19(22-18(24)14-7-9-15(10-8-14)30-12-16(26)27)25(21(29)23-20(17)28)11-13-5-3-2-4-6-13/h2-10H,11-12H2,1H3,(H,26,27)(H,23,28,29). The highest BCUT2D eigenvalue weighted by Crippen LogP contribution is 2.24. The Morgan fingerprint density at radius 2 is 1.80 bits per heavy atom. The summed E-state index contributed by atoms with van der Waals surface area (Å²) in [6, 6.07) is 16.1. The number of aliphatic carboxylic acids is 1. The van der Waals surface area contributed by atoms with Crippen LogP contribution in [0.4, 0.5) is 0 Å². The number of H-pyrrole nitrogens is 1. The molecular formula is C21H18N4O5. The van der Waals surface area contributed by atoms with Crippen molar-refractivity contribution in [2.75, 3.05) is 6.61 Å². The SMILES string of the molecule is Cn1c(-c2ccc(OCC(=O)O)cc2)nc2c1c(=O)[nH]c(=O)n2Cc1ccccc1. The van der Waals surface area contributed by atoms with Gasteiger partial charge in [0.05, 0.1) is 6.54 Å². The van der Waals surface area contributed by atoms with Crippen molar-refractivity contribution in [1.82, 2.24) is 19.1 Å². The van der Waals surface area contributed by atoms with Gasteiger partial charge in [-0.25, -0.2) is 14.6 Å². The summed E-state index contributed by atoms with van der Waals surface area (Å²) in [6.45, 7) is -0.169. The van der Waals surface area contributed by atoms with E-state index in [4.69, 9.17) is 9.84 Å². The molecule has 0 fully saturated rings. The molecule has 0 spiro atoms. The molecule has 0 saturated heterocycles. The quantitative estimate of drug-likeness (QED) is 0.502. The summed E-state index contributed by atoms with van der Waals surface area (Å²) in [5, 5.41) is 8.71. The van der Waals surface area contributed by atoms with Crippen LogP contribution in [0.3, 0.4) is 0 Å². The van der Waals surface area contributed by atoms with Crippen molar-refractivity contribution >= 4 is 17.1 Å². The lowest BCUT2D eigenvalue weighted by Gasteiger charge is -2.06. The first-order valence-electron chi connectivity index (χ1n) is 9.12. The lowest BCUT2D eigenvalue weighted by molar-refractivity contribution is -0.139. The van der Waals surface area contributed by atoms with Gasteiger partial charge in [0.15, 0.2) is 17.8 Å². The van der Waals surface area contributed by atoms with E-state index < -0.39 is 23.8 Å². The number of rotatable bonds is 6. The topological polar surface area (TPSA) is 119 Å². The summed E-state index contributed by atoms with van der Waals surface area (Å²) in [5.74, 6) is -0.170. The second-order valence-electron chi connectivity index (χ2n) is 6.70. The molecule has 30 heavy (non-hydrogen) atoms. The first-order valence-corrected chi connectivity index (χ1v) is 9.12. The van der Waals surface area contributed by atoms with E-state index in [1.165, 1.54) is 4.57 Å². The minimum Gasteiger partial charge on any atom is -0.482 e. The summed E-state index contributed by atoms with van der Waals surface area (Å²) in [4.78, 5) is 42.5. The van der Waals surface area contributed by atoms with Crippen molar-refractivity contribution in [3.63, 3.8) is 0 Å². The number of aromatic nitrogens is 4. The molecule has 0 atom stereocenters. The van der Waals surface area contributed by atoms with E-state index in [2.05, 4.69) is 9.97 Å². The normalized spacial score (nSPS) is 11.0. The number of carbonyl (C=O) groups is 1. The van der Waals surface area contributed by atoms with Crippen molar-refractivity contribution in [1.29, 1.82) is 0 Å². The van der Waals surface area contributed by atoms with Gasteiger partial charge >= 0.3 is 11.7 Å². The van der Waals surface area contributed by atoms with Gasteiger partial charge in [-0.1, -0.05) is 30.3 Å². The molecule has 4 aromatic rings. The van der Waals surface area contributed by atoms with Crippen molar-refractivity contribution in [2.45, 2.75) is 6.54 Å². The molecule has 2 N–H and O–H groups in total. The van der Waals surface area contributed by atoms with Crippen LogP contribution >= 0.6 is 0 Å². The monoisotopic (exact) mass is 406 g/mol. The third-order valence-electron chi connectivity index (χ3n) is 4.67. The summed E-state index contributed by atoms with van der Waals surface area (Å²) in [5.41, 5.74) is 1.12. The highest BCUT2D eigenvalue weighted by Gasteiger charge is 2.18. The summed E-state index contributed by atoms with van der Waals surface area (Å²) < 4.78 is 8.20. The molecule has 0 aliphatic heterocycles. The lowest BCUT2D eigenvalue weighted by atomic mass is 10.2. The Hall–Kier alpha value is -4.14. The van der Waals surface area contributed by atoms with Gasteiger partial charge in [-0.2, -0.15) is 0 Å². The zero-order chi connectivity index (χ0) is 21.3. The predicted molar refractivity (Wildman–Crippen MR) is 110 cm³/mol. The second kappa shape index (κ2) is 7.70. The maximum absolute atomic E-state index is 12.5. The maximum atomic E-state index is 12.5. The fourth-order valence-electron chi connectivity index (χ4n) is 3.26. The molecule has 9 heteroatoms. The molecule has 0 amide bonds. The van der Waals surface area contributed by atoms with Gasteiger partial charge < -0.3 is 14.4 Å². The minimum absolute atomic E-state index is 0.269. The van der Waals surface area contributed by atoms with Gasteiger partial charge in [-0.05, 0) is 29.8 Å². The van der Waals surface area contributed by atoms with Crippen molar-refractivity contribution in [2.24, 2.45) is 7.05 Å². The molecule has 0 aliphatic carbocycles. The molecule has 0 aliphatic rings. The Bertz CT molecular complexity index is 1330. The number of ether oxygens (including phenoxy) is 1. The molecule has 2 aromatic heterocycles. The zero-order valence-corrected chi connectivity index (χ0v) is 16.0. The number of nitrogens with zero attached hydrogens (tertiary/aromatic N) is 3. The van der Waals surface area contributed by atoms with Crippen molar-refractivity contribution in [3.8, 4) is 17.1 Å². The first kappa shape index (κ1) is 19.2. The Morgan fingerprint density at radius 3 is 2.47 bits per heavy atom. The molecule has 152 valence electrons. The number of aromatic amines is 1. The van der Waals surface area contributed by atoms with Gasteiger partial charge in [-0.15, -0.1) is 0 Å². The van der Waals surface area contributed by atoms with E-state index >= 15 is 0 Å². The van der Waals surface area contributed by atoms with Crippen LogP contribution in [0.1, 0.15) is 5.56 Å². The number of nitrogens with one attached hydrogen (secondary N) is 1. The number of fused-ring (bicyclic) bond motifs is 1. The van der Waals surface area contributed by atoms with E-state index in [-0.39, 0.29) is 17.7 Å². The second-order valence-corrected chi connectivity index (χ2v) is 6.70. The number of benzene rings is 2. The number of aryl methyl sites for hydroxylation is 1. The fourth-order valence-corrected chi connectivity index (χ4v) is 3.26. The van der Waals surface area contributed by atoms with Crippen molar-refractivity contribution < 1.29 is 14.6 Å². The maximum Gasteiger partial charge on any atom is 0.341 e. The number of hydrogen-bond acceptors (Lipinski definition) is 5. The molecule has 0 bridgehead atoms. The van der Waals surface area contributed by atoms with Crippen LogP contribution in [0, 0.1) is 0 Å². The van der Waals surface area contributed by atoms with E-state index in [9.17, 15) is 14.4 Å². The van der Waals surface area contributed by atoms with Gasteiger partial charge in [0.2, 0.25) is 0 Å². The molecule has 4 rings (SSSR count). The summed E-state index contributed by atoms with van der Waals surface area (Å²) in [7, 11) is 1.70. The Labute approximate surface area is 169 Å². The largest absolute Gasteiger partial charge is 0.482 e. The van der Waals surface area contributed by atoms with Crippen LogP contribution in [0.25, 0.3) is 22.6 Å². The Balaban J connectivity index is 1.79. The number of hydrogen-bond donors (Lipinski definition) is 2. The number of carboxylic acid groups (broad SMARTS) is 1. The van der Waals surface area contributed by atoms with Crippen LogP contribution in [0.2, 0.25) is 0 Å². The van der Waals surface area contributed by atoms with Crippen LogP contribution < -0.4 is 16.0 Å². The molecule has 2 aromatic carbocycles. The first-order chi connectivity index (χ1) is 14.4.